The van der Waals surface area contributed by atoms with Crippen LogP contribution in [-0.2, 0) is 11.8 Å². The minimum atomic E-state index is -0.435. The molecule has 0 radical (unpaired) electrons. The van der Waals surface area contributed by atoms with Gasteiger partial charge < -0.3 is 0 Å². The van der Waals surface area contributed by atoms with Crippen LogP contribution in [-0.4, -0.2) is 9.78 Å². The predicted octanol–water partition coefficient (Wildman–Crippen LogP) is 6.82. The van der Waals surface area contributed by atoms with Crippen molar-refractivity contribution in [2.45, 2.75) is 11.8 Å². The van der Waals surface area contributed by atoms with Gasteiger partial charge >= 0.3 is 0 Å². The first-order chi connectivity index (χ1) is 16.4. The van der Waals surface area contributed by atoms with Crippen LogP contribution in [0.2, 0.25) is 0 Å². The summed E-state index contributed by atoms with van der Waals surface area (Å²) in [4.78, 5) is 0. The standard InChI is InChI=1S/C31H24N2/c1-4-12-24(13-5-1)22-28-20-21-33(32-28)30-23-25-14-10-11-19-29(25)31(30,26-15-6-2-7-16-26)27-17-8-3-9-18-27/h1-21,23H,22H2. The second-order valence-corrected chi connectivity index (χ2v) is 8.51. The maximum absolute atomic E-state index is 5.07. The third kappa shape index (κ3) is 3.23. The zero-order chi connectivity index (χ0) is 22.1. The molecule has 33 heavy (non-hydrogen) atoms. The average Bonchev–Trinajstić information content (AvgIpc) is 3.48. The van der Waals surface area contributed by atoms with E-state index in [2.05, 4.69) is 138 Å². The van der Waals surface area contributed by atoms with E-state index in [1.54, 1.807) is 0 Å². The lowest BCUT2D eigenvalue weighted by molar-refractivity contribution is 0.722. The maximum atomic E-state index is 5.07. The molecule has 1 heterocycles. The Kier molecular flexibility index (Phi) is 4.77. The van der Waals surface area contributed by atoms with Crippen molar-refractivity contribution in [3.63, 3.8) is 0 Å². The van der Waals surface area contributed by atoms with Crippen molar-refractivity contribution in [2.75, 3.05) is 0 Å². The topological polar surface area (TPSA) is 17.8 Å². The highest BCUT2D eigenvalue weighted by atomic mass is 15.3. The molecule has 0 spiro atoms. The van der Waals surface area contributed by atoms with Gasteiger partial charge in [0.1, 0.15) is 0 Å². The van der Waals surface area contributed by atoms with E-state index in [9.17, 15) is 0 Å². The van der Waals surface area contributed by atoms with E-state index < -0.39 is 5.41 Å². The number of benzene rings is 4. The zero-order valence-electron chi connectivity index (χ0n) is 18.3. The van der Waals surface area contributed by atoms with Crippen LogP contribution in [0.1, 0.15) is 33.5 Å². The van der Waals surface area contributed by atoms with Crippen LogP contribution < -0.4 is 0 Å². The summed E-state index contributed by atoms with van der Waals surface area (Å²) in [5.74, 6) is 0. The zero-order valence-corrected chi connectivity index (χ0v) is 18.3. The molecule has 2 heteroatoms. The van der Waals surface area contributed by atoms with E-state index in [1.807, 2.05) is 0 Å². The van der Waals surface area contributed by atoms with Crippen LogP contribution in [0.3, 0.4) is 0 Å². The monoisotopic (exact) mass is 424 g/mol. The molecule has 6 rings (SSSR count). The van der Waals surface area contributed by atoms with Gasteiger partial charge in [-0.2, -0.15) is 5.10 Å². The molecule has 158 valence electrons. The smallest absolute Gasteiger partial charge is 0.0880 e. The predicted molar refractivity (Wildman–Crippen MR) is 135 cm³/mol. The fourth-order valence-corrected chi connectivity index (χ4v) is 5.14. The second kappa shape index (κ2) is 8.07. The number of allylic oxidation sites excluding steroid dienone is 1. The van der Waals surface area contributed by atoms with Crippen molar-refractivity contribution in [3.8, 4) is 0 Å². The third-order valence-electron chi connectivity index (χ3n) is 6.57. The molecule has 0 atom stereocenters. The van der Waals surface area contributed by atoms with Crippen molar-refractivity contribution in [1.29, 1.82) is 0 Å². The lowest BCUT2D eigenvalue weighted by Gasteiger charge is -2.35. The van der Waals surface area contributed by atoms with E-state index >= 15 is 0 Å². The van der Waals surface area contributed by atoms with Gasteiger partial charge in [-0.25, -0.2) is 4.68 Å². The van der Waals surface area contributed by atoms with Crippen molar-refractivity contribution < 1.29 is 0 Å². The fourth-order valence-electron chi connectivity index (χ4n) is 5.14. The molecule has 0 unspecified atom stereocenters. The van der Waals surface area contributed by atoms with Gasteiger partial charge in [0.15, 0.2) is 0 Å². The Bertz CT molecular complexity index is 1370. The van der Waals surface area contributed by atoms with Gasteiger partial charge in [0.05, 0.1) is 16.8 Å². The summed E-state index contributed by atoms with van der Waals surface area (Å²) in [6.07, 6.45) is 5.23. The number of rotatable bonds is 5. The highest BCUT2D eigenvalue weighted by Gasteiger charge is 2.46. The van der Waals surface area contributed by atoms with Gasteiger partial charge in [-0.1, -0.05) is 115 Å². The van der Waals surface area contributed by atoms with Gasteiger partial charge in [-0.05, 0) is 40.0 Å². The number of nitrogens with zero attached hydrogens (tertiary/aromatic N) is 2. The highest BCUT2D eigenvalue weighted by molar-refractivity contribution is 5.92. The van der Waals surface area contributed by atoms with Crippen LogP contribution >= 0.6 is 0 Å². The van der Waals surface area contributed by atoms with Gasteiger partial charge in [-0.3, -0.25) is 0 Å². The number of hydrogen-bond acceptors (Lipinski definition) is 1. The first-order valence-corrected chi connectivity index (χ1v) is 11.4. The summed E-state index contributed by atoms with van der Waals surface area (Å²) in [7, 11) is 0. The van der Waals surface area contributed by atoms with E-state index in [1.165, 1.54) is 27.8 Å². The fraction of sp³-hybridized carbons (Fsp3) is 0.0645. The van der Waals surface area contributed by atoms with E-state index in [-0.39, 0.29) is 0 Å². The van der Waals surface area contributed by atoms with Crippen LogP contribution in [0.15, 0.2) is 128 Å². The maximum Gasteiger partial charge on any atom is 0.0880 e. The number of fused-ring (bicyclic) bond motifs is 1. The van der Waals surface area contributed by atoms with Gasteiger partial charge in [0.2, 0.25) is 0 Å². The van der Waals surface area contributed by atoms with Crippen molar-refractivity contribution in [3.05, 3.63) is 161 Å². The Balaban J connectivity index is 1.55. The summed E-state index contributed by atoms with van der Waals surface area (Å²) < 4.78 is 2.08. The van der Waals surface area contributed by atoms with Crippen molar-refractivity contribution in [2.24, 2.45) is 0 Å². The van der Waals surface area contributed by atoms with Crippen molar-refractivity contribution >= 4 is 11.8 Å². The molecule has 1 aliphatic rings. The van der Waals surface area contributed by atoms with E-state index in [4.69, 9.17) is 5.10 Å². The molecule has 0 aliphatic heterocycles. The summed E-state index contributed by atoms with van der Waals surface area (Å²) in [5, 5.41) is 5.07. The largest absolute Gasteiger partial charge is 0.243 e. The summed E-state index contributed by atoms with van der Waals surface area (Å²) >= 11 is 0. The van der Waals surface area contributed by atoms with Crippen LogP contribution in [0, 0.1) is 0 Å². The Morgan fingerprint density at radius 1 is 0.606 bits per heavy atom. The van der Waals surface area contributed by atoms with Gasteiger partial charge in [0.25, 0.3) is 0 Å². The van der Waals surface area contributed by atoms with E-state index in [0.29, 0.717) is 0 Å². The van der Waals surface area contributed by atoms with Crippen molar-refractivity contribution in [1.82, 2.24) is 9.78 Å². The molecule has 0 saturated carbocycles. The molecule has 0 fully saturated rings. The molecule has 2 nitrogen and oxygen atoms in total. The molecule has 0 amide bonds. The first-order valence-electron chi connectivity index (χ1n) is 11.4. The molecule has 5 aromatic rings. The normalized spacial score (nSPS) is 14.0. The molecular weight excluding hydrogens is 400 g/mol. The molecular formula is C31H24N2. The summed E-state index contributed by atoms with van der Waals surface area (Å²) in [6, 6.07) is 43.0. The third-order valence-corrected chi connectivity index (χ3v) is 6.57. The molecule has 1 aliphatic carbocycles. The van der Waals surface area contributed by atoms with Gasteiger partial charge in [0, 0.05) is 12.6 Å². The van der Waals surface area contributed by atoms with Crippen LogP contribution in [0.5, 0.6) is 0 Å². The second-order valence-electron chi connectivity index (χ2n) is 8.51. The van der Waals surface area contributed by atoms with Crippen LogP contribution in [0.4, 0.5) is 0 Å². The lowest BCUT2D eigenvalue weighted by atomic mass is 9.69. The molecule has 0 saturated heterocycles. The first kappa shape index (κ1) is 19.5. The Labute approximate surface area is 194 Å². The summed E-state index contributed by atoms with van der Waals surface area (Å²) in [6.45, 7) is 0. The Hall–Kier alpha value is -4.17. The molecule has 4 aromatic carbocycles. The molecule has 1 aromatic heterocycles. The minimum absolute atomic E-state index is 0.435. The highest BCUT2D eigenvalue weighted by Crippen LogP contribution is 2.52. The SMILES string of the molecule is C1=C(n2ccc(Cc3ccccc3)n2)C(c2ccccc2)(c2ccccc2)c2ccccc21. The Morgan fingerprint density at radius 2 is 1.18 bits per heavy atom. The minimum Gasteiger partial charge on any atom is -0.243 e. The van der Waals surface area contributed by atoms with Gasteiger partial charge in [-0.15, -0.1) is 0 Å². The Morgan fingerprint density at radius 3 is 1.85 bits per heavy atom. The van der Waals surface area contributed by atoms with Crippen LogP contribution in [0.25, 0.3) is 11.8 Å². The van der Waals surface area contributed by atoms with E-state index in [0.717, 1.165) is 17.8 Å². The lowest BCUT2D eigenvalue weighted by Crippen LogP contribution is -2.31. The summed E-state index contributed by atoms with van der Waals surface area (Å²) in [5.41, 5.74) is 8.06. The number of aromatic nitrogens is 2. The quantitative estimate of drug-likeness (QED) is 0.303. The average molecular weight is 425 g/mol. The number of hydrogen-bond donors (Lipinski definition) is 0. The molecule has 0 bridgehead atoms. The molecule has 0 N–H and O–H groups in total.